The van der Waals surface area contributed by atoms with Gasteiger partial charge in [0.1, 0.15) is 5.82 Å². The fourth-order valence-corrected chi connectivity index (χ4v) is 4.11. The number of amides is 1. The number of pyridine rings is 2. The number of nitrogens with one attached hydrogen (secondary N) is 1. The standard InChI is InChI=1S/C27H33N3O2.C2H6/c1-5-7-24(31)17(4)12-16(3)21(6-2)23-13-20-15-28-25(30-27(32)19-10-11-19)14-22(20)26(29-23)18-8-9-18;1-2/h6,12-15,18-19,24,31H,4-5,7-11H2,1-3H3,(H,28,30,32);1-2H3/b16-12-,21-6+;. The summed E-state index contributed by atoms with van der Waals surface area (Å²) in [5.41, 5.74) is 4.78. The molecule has 2 fully saturated rings. The molecule has 0 aliphatic heterocycles. The summed E-state index contributed by atoms with van der Waals surface area (Å²) in [6, 6.07) is 4.04. The Hall–Kier alpha value is -2.79. The number of fused-ring (bicyclic) bond motifs is 1. The topological polar surface area (TPSA) is 75.1 Å². The van der Waals surface area contributed by atoms with E-state index in [1.807, 2.05) is 46.0 Å². The highest BCUT2D eigenvalue weighted by atomic mass is 16.3. The minimum atomic E-state index is -0.520. The van der Waals surface area contributed by atoms with Crippen molar-refractivity contribution in [2.75, 3.05) is 5.32 Å². The smallest absolute Gasteiger partial charge is 0.228 e. The Morgan fingerprint density at radius 2 is 1.97 bits per heavy atom. The molecule has 34 heavy (non-hydrogen) atoms. The van der Waals surface area contributed by atoms with Crippen LogP contribution in [0.2, 0.25) is 0 Å². The third-order valence-electron chi connectivity index (χ3n) is 6.29. The number of hydrogen-bond donors (Lipinski definition) is 2. The normalized spacial score (nSPS) is 17.1. The van der Waals surface area contributed by atoms with Gasteiger partial charge in [-0.25, -0.2) is 4.98 Å². The molecule has 0 spiro atoms. The number of rotatable bonds is 9. The van der Waals surface area contributed by atoms with Crippen molar-refractivity contribution in [3.05, 3.63) is 59.6 Å². The van der Waals surface area contributed by atoms with Gasteiger partial charge in [-0.05, 0) is 74.8 Å². The Bertz CT molecular complexity index is 1110. The van der Waals surface area contributed by atoms with Gasteiger partial charge in [0.05, 0.1) is 17.5 Å². The molecule has 2 aromatic heterocycles. The summed E-state index contributed by atoms with van der Waals surface area (Å²) in [7, 11) is 0. The predicted molar refractivity (Wildman–Crippen MR) is 142 cm³/mol. The van der Waals surface area contributed by atoms with Crippen LogP contribution in [0.5, 0.6) is 0 Å². The first kappa shape index (κ1) is 25.8. The van der Waals surface area contributed by atoms with Gasteiger partial charge in [0, 0.05) is 28.8 Å². The van der Waals surface area contributed by atoms with Gasteiger partial charge in [0.15, 0.2) is 0 Å². The highest BCUT2D eigenvalue weighted by molar-refractivity contribution is 5.96. The Morgan fingerprint density at radius 1 is 1.26 bits per heavy atom. The average molecular weight is 462 g/mol. The van der Waals surface area contributed by atoms with Crippen LogP contribution in [-0.4, -0.2) is 27.1 Å². The first-order chi connectivity index (χ1) is 16.4. The number of aliphatic hydroxyl groups is 1. The molecule has 2 aromatic rings. The molecule has 0 bridgehead atoms. The van der Waals surface area contributed by atoms with Crippen molar-refractivity contribution < 1.29 is 9.90 Å². The summed E-state index contributed by atoms with van der Waals surface area (Å²) in [6.45, 7) is 14.2. The number of carbonyl (C=O) groups is 1. The Morgan fingerprint density at radius 3 is 2.56 bits per heavy atom. The first-order valence-corrected chi connectivity index (χ1v) is 12.7. The molecule has 5 nitrogen and oxygen atoms in total. The SMILES string of the molecule is C=C(/C=C(C)\C(=C/C)c1cc2cnc(NC(=O)C3CC3)cc2c(C2CC2)n1)C(O)CCC.CC. The molecule has 1 unspecified atom stereocenters. The van der Waals surface area contributed by atoms with Crippen LogP contribution in [0.15, 0.2) is 48.2 Å². The van der Waals surface area contributed by atoms with Crippen LogP contribution in [-0.2, 0) is 4.79 Å². The maximum absolute atomic E-state index is 12.2. The molecule has 1 atom stereocenters. The second kappa shape index (κ2) is 11.6. The van der Waals surface area contributed by atoms with Gasteiger partial charge < -0.3 is 10.4 Å². The van der Waals surface area contributed by atoms with Gasteiger partial charge in [-0.1, -0.05) is 45.9 Å². The van der Waals surface area contributed by atoms with E-state index in [-0.39, 0.29) is 11.8 Å². The second-order valence-electron chi connectivity index (χ2n) is 9.13. The molecule has 4 rings (SSSR count). The number of nitrogens with zero attached hydrogens (tertiary/aromatic N) is 2. The molecule has 1 amide bonds. The zero-order valence-corrected chi connectivity index (χ0v) is 21.3. The van der Waals surface area contributed by atoms with Gasteiger partial charge in [-0.3, -0.25) is 9.78 Å². The van der Waals surface area contributed by atoms with Gasteiger partial charge in [-0.15, -0.1) is 0 Å². The average Bonchev–Trinajstić information content (AvgIpc) is 3.73. The number of allylic oxidation sites excluding steroid dienone is 3. The largest absolute Gasteiger partial charge is 0.388 e. The summed E-state index contributed by atoms with van der Waals surface area (Å²) in [4.78, 5) is 21.7. The molecule has 2 aliphatic rings. The number of carbonyl (C=O) groups excluding carboxylic acids is 1. The third-order valence-corrected chi connectivity index (χ3v) is 6.29. The molecule has 182 valence electrons. The molecular formula is C29H39N3O2. The van der Waals surface area contributed by atoms with Crippen LogP contribution in [0, 0.1) is 5.92 Å². The number of hydrogen-bond acceptors (Lipinski definition) is 4. The van der Waals surface area contributed by atoms with Gasteiger partial charge in [-0.2, -0.15) is 0 Å². The molecule has 0 radical (unpaired) electrons. The van der Waals surface area contributed by atoms with Crippen molar-refractivity contribution in [3.63, 3.8) is 0 Å². The van der Waals surface area contributed by atoms with Crippen LogP contribution >= 0.6 is 0 Å². The summed E-state index contributed by atoms with van der Waals surface area (Å²) >= 11 is 0. The fraction of sp³-hybridized carbons (Fsp3) is 0.483. The minimum absolute atomic E-state index is 0.0665. The lowest BCUT2D eigenvalue weighted by Crippen LogP contribution is -2.14. The van der Waals surface area contributed by atoms with Gasteiger partial charge in [0.25, 0.3) is 0 Å². The lowest BCUT2D eigenvalue weighted by Gasteiger charge is -2.15. The monoisotopic (exact) mass is 461 g/mol. The summed E-state index contributed by atoms with van der Waals surface area (Å²) in [5, 5.41) is 15.3. The van der Waals surface area contributed by atoms with Crippen molar-refractivity contribution >= 4 is 28.1 Å². The Labute approximate surface area is 204 Å². The lowest BCUT2D eigenvalue weighted by molar-refractivity contribution is -0.117. The van der Waals surface area contributed by atoms with E-state index in [1.54, 1.807) is 0 Å². The van der Waals surface area contributed by atoms with Gasteiger partial charge >= 0.3 is 0 Å². The molecule has 0 saturated heterocycles. The van der Waals surface area contributed by atoms with Crippen LogP contribution in [0.25, 0.3) is 16.3 Å². The third kappa shape index (κ3) is 6.20. The molecular weight excluding hydrogens is 422 g/mol. The zero-order chi connectivity index (χ0) is 24.8. The lowest BCUT2D eigenvalue weighted by atomic mass is 9.96. The van der Waals surface area contributed by atoms with Crippen LogP contribution < -0.4 is 5.32 Å². The van der Waals surface area contributed by atoms with Crippen LogP contribution in [0.4, 0.5) is 5.82 Å². The second-order valence-corrected chi connectivity index (χ2v) is 9.13. The molecule has 0 aromatic carbocycles. The summed E-state index contributed by atoms with van der Waals surface area (Å²) in [5.74, 6) is 1.27. The maximum atomic E-state index is 12.2. The molecule has 2 aliphatic carbocycles. The van der Waals surface area contributed by atoms with E-state index in [0.29, 0.717) is 18.2 Å². The number of aliphatic hydroxyl groups excluding tert-OH is 1. The van der Waals surface area contributed by atoms with Crippen molar-refractivity contribution in [1.29, 1.82) is 0 Å². The number of anilines is 1. The molecule has 2 N–H and O–H groups in total. The molecule has 2 saturated carbocycles. The van der Waals surface area contributed by atoms with Crippen molar-refractivity contribution in [2.45, 2.75) is 85.2 Å². The fourth-order valence-electron chi connectivity index (χ4n) is 4.11. The van der Waals surface area contributed by atoms with Gasteiger partial charge in [0.2, 0.25) is 5.91 Å². The van der Waals surface area contributed by atoms with Crippen molar-refractivity contribution in [1.82, 2.24) is 9.97 Å². The maximum Gasteiger partial charge on any atom is 0.228 e. The quantitative estimate of drug-likeness (QED) is 0.396. The van der Waals surface area contributed by atoms with E-state index >= 15 is 0 Å². The Kier molecular flexibility index (Phi) is 8.78. The summed E-state index contributed by atoms with van der Waals surface area (Å²) in [6.07, 6.45) is 11.2. The van der Waals surface area contributed by atoms with Crippen molar-refractivity contribution in [2.24, 2.45) is 5.92 Å². The van der Waals surface area contributed by atoms with E-state index in [4.69, 9.17) is 4.98 Å². The van der Waals surface area contributed by atoms with E-state index in [9.17, 15) is 9.90 Å². The molecule has 5 heteroatoms. The van der Waals surface area contributed by atoms with E-state index in [0.717, 1.165) is 71.0 Å². The summed E-state index contributed by atoms with van der Waals surface area (Å²) < 4.78 is 0. The predicted octanol–water partition coefficient (Wildman–Crippen LogP) is 6.95. The Balaban J connectivity index is 0.00000158. The van der Waals surface area contributed by atoms with E-state index < -0.39 is 6.10 Å². The first-order valence-electron chi connectivity index (χ1n) is 12.7. The van der Waals surface area contributed by atoms with Crippen LogP contribution in [0.1, 0.15) is 90.4 Å². The van der Waals surface area contributed by atoms with Crippen molar-refractivity contribution in [3.8, 4) is 0 Å². The molecule has 2 heterocycles. The number of aromatic nitrogens is 2. The highest BCUT2D eigenvalue weighted by Crippen LogP contribution is 2.43. The highest BCUT2D eigenvalue weighted by Gasteiger charge is 2.31. The van der Waals surface area contributed by atoms with E-state index in [1.165, 1.54) is 0 Å². The van der Waals surface area contributed by atoms with Crippen LogP contribution in [0.3, 0.4) is 0 Å². The minimum Gasteiger partial charge on any atom is -0.388 e. The van der Waals surface area contributed by atoms with E-state index in [2.05, 4.69) is 35.9 Å². The zero-order valence-electron chi connectivity index (χ0n) is 21.3.